The lowest BCUT2D eigenvalue weighted by Gasteiger charge is -2.34. The van der Waals surface area contributed by atoms with E-state index in [1.807, 2.05) is 13.8 Å². The molecule has 0 bridgehead atoms. The van der Waals surface area contributed by atoms with Crippen LogP contribution >= 0.6 is 0 Å². The van der Waals surface area contributed by atoms with Gasteiger partial charge in [0.25, 0.3) is 0 Å². The predicted molar refractivity (Wildman–Crippen MR) is 101 cm³/mol. The van der Waals surface area contributed by atoms with Crippen molar-refractivity contribution < 1.29 is 15.2 Å². The Morgan fingerprint density at radius 2 is 2.31 bits per heavy atom. The highest BCUT2D eigenvalue weighted by Gasteiger charge is 2.36. The van der Waals surface area contributed by atoms with Crippen molar-refractivity contribution in [3.05, 3.63) is 41.6 Å². The monoisotopic (exact) mass is 355 g/mol. The number of aliphatic hydroxyl groups excluding tert-OH is 1. The maximum Gasteiger partial charge on any atom is 0.249 e. The number of nitrogens with zero attached hydrogens (tertiary/aromatic N) is 1. The van der Waals surface area contributed by atoms with Gasteiger partial charge in [-0.05, 0) is 31.0 Å². The third kappa shape index (κ3) is 2.84. The predicted octanol–water partition coefficient (Wildman–Crippen LogP) is 0.403. The van der Waals surface area contributed by atoms with Gasteiger partial charge in [0.1, 0.15) is 12.0 Å². The quantitative estimate of drug-likeness (QED) is 0.586. The summed E-state index contributed by atoms with van der Waals surface area (Å²) in [6.45, 7) is 5.11. The van der Waals surface area contributed by atoms with E-state index in [4.69, 9.17) is 5.11 Å². The SMILES string of the molecule is CC(C)N(NCCO)C(=O)[C@@H]1C=C2c3cccc4[nH]cc(c34)C[C@H]2[NH2+]C1. The second-order valence-electron chi connectivity index (χ2n) is 7.49. The molecule has 6 heteroatoms. The summed E-state index contributed by atoms with van der Waals surface area (Å²) in [5.41, 5.74) is 8.12. The molecule has 2 aromatic rings. The number of benzene rings is 1. The van der Waals surface area contributed by atoms with Crippen molar-refractivity contribution in [1.82, 2.24) is 15.4 Å². The number of amides is 1. The van der Waals surface area contributed by atoms with E-state index in [0.29, 0.717) is 12.6 Å². The zero-order chi connectivity index (χ0) is 18.3. The van der Waals surface area contributed by atoms with Crippen LogP contribution in [-0.4, -0.2) is 52.8 Å². The second kappa shape index (κ2) is 6.87. The van der Waals surface area contributed by atoms with E-state index in [-0.39, 0.29) is 24.5 Å². The van der Waals surface area contributed by atoms with E-state index < -0.39 is 0 Å². The van der Waals surface area contributed by atoms with Crippen LogP contribution in [0.4, 0.5) is 0 Å². The first kappa shape index (κ1) is 17.3. The van der Waals surface area contributed by atoms with Crippen LogP contribution in [0.1, 0.15) is 25.0 Å². The van der Waals surface area contributed by atoms with Crippen molar-refractivity contribution >= 4 is 22.4 Å². The smallest absolute Gasteiger partial charge is 0.249 e. The fourth-order valence-corrected chi connectivity index (χ4v) is 4.26. The first-order valence-electron chi connectivity index (χ1n) is 9.42. The summed E-state index contributed by atoms with van der Waals surface area (Å²) in [4.78, 5) is 16.4. The third-order valence-corrected chi connectivity index (χ3v) is 5.46. The average molecular weight is 355 g/mol. The van der Waals surface area contributed by atoms with Crippen LogP contribution < -0.4 is 10.7 Å². The van der Waals surface area contributed by atoms with Gasteiger partial charge in [0, 0.05) is 41.7 Å². The Labute approximate surface area is 153 Å². The highest BCUT2D eigenvalue weighted by molar-refractivity contribution is 5.98. The van der Waals surface area contributed by atoms with Crippen molar-refractivity contribution in [2.45, 2.75) is 32.4 Å². The minimum Gasteiger partial charge on any atom is -0.395 e. The number of aliphatic hydroxyl groups is 1. The molecule has 0 fully saturated rings. The van der Waals surface area contributed by atoms with Gasteiger partial charge in [-0.15, -0.1) is 0 Å². The summed E-state index contributed by atoms with van der Waals surface area (Å²) in [6.07, 6.45) is 5.30. The number of rotatable bonds is 5. The van der Waals surface area contributed by atoms with E-state index in [1.165, 1.54) is 27.6 Å². The minimum absolute atomic E-state index is 0.00865. The Morgan fingerprint density at radius 1 is 1.46 bits per heavy atom. The molecule has 1 aromatic carbocycles. The highest BCUT2D eigenvalue weighted by atomic mass is 16.3. The molecule has 0 unspecified atom stereocenters. The number of nitrogens with one attached hydrogen (secondary N) is 2. The number of H-pyrrole nitrogens is 1. The Hall–Kier alpha value is -2.15. The number of hydrazine groups is 1. The topological polar surface area (TPSA) is 85.0 Å². The molecule has 0 saturated carbocycles. The maximum atomic E-state index is 13.1. The van der Waals surface area contributed by atoms with Crippen LogP contribution in [-0.2, 0) is 11.2 Å². The lowest BCUT2D eigenvalue weighted by atomic mass is 9.80. The molecule has 1 aliphatic heterocycles. The molecule has 0 saturated heterocycles. The molecule has 0 spiro atoms. The van der Waals surface area contributed by atoms with Gasteiger partial charge in [0.05, 0.1) is 13.2 Å². The molecular weight excluding hydrogens is 328 g/mol. The van der Waals surface area contributed by atoms with Crippen LogP contribution in [0, 0.1) is 5.92 Å². The number of nitrogens with two attached hydrogens (primary N) is 1. The Morgan fingerprint density at radius 3 is 3.08 bits per heavy atom. The number of hydrogen-bond donors (Lipinski definition) is 4. The number of aromatic amines is 1. The molecule has 5 N–H and O–H groups in total. The van der Waals surface area contributed by atoms with Crippen LogP contribution in [0.3, 0.4) is 0 Å². The molecule has 1 amide bonds. The zero-order valence-electron chi connectivity index (χ0n) is 15.3. The summed E-state index contributed by atoms with van der Waals surface area (Å²) < 4.78 is 0. The number of quaternary nitrogens is 1. The largest absolute Gasteiger partial charge is 0.395 e. The molecule has 6 nitrogen and oxygen atoms in total. The van der Waals surface area contributed by atoms with E-state index in [0.717, 1.165) is 13.0 Å². The first-order chi connectivity index (χ1) is 12.6. The van der Waals surface area contributed by atoms with Gasteiger partial charge >= 0.3 is 0 Å². The lowest BCUT2D eigenvalue weighted by molar-refractivity contribution is -0.681. The van der Waals surface area contributed by atoms with Gasteiger partial charge < -0.3 is 15.4 Å². The van der Waals surface area contributed by atoms with Gasteiger partial charge in [-0.25, -0.2) is 5.43 Å². The molecule has 4 rings (SSSR count). The fraction of sp³-hybridized carbons (Fsp3) is 0.450. The molecule has 26 heavy (non-hydrogen) atoms. The van der Waals surface area contributed by atoms with Gasteiger partial charge in [-0.1, -0.05) is 18.2 Å². The molecule has 2 heterocycles. The Bertz CT molecular complexity index is 855. The van der Waals surface area contributed by atoms with Crippen molar-refractivity contribution in [3.63, 3.8) is 0 Å². The third-order valence-electron chi connectivity index (χ3n) is 5.46. The molecule has 1 aliphatic carbocycles. The summed E-state index contributed by atoms with van der Waals surface area (Å²) in [6, 6.07) is 6.78. The minimum atomic E-state index is -0.161. The number of fused-ring (bicyclic) bond motifs is 2. The van der Waals surface area contributed by atoms with Crippen LogP contribution in [0.5, 0.6) is 0 Å². The van der Waals surface area contributed by atoms with Gasteiger partial charge in [0.15, 0.2) is 0 Å². The lowest BCUT2D eigenvalue weighted by Crippen LogP contribution is -2.93. The Balaban J connectivity index is 1.67. The number of aromatic nitrogens is 1. The van der Waals surface area contributed by atoms with Crippen molar-refractivity contribution in [1.29, 1.82) is 0 Å². The zero-order valence-corrected chi connectivity index (χ0v) is 15.3. The number of hydrogen-bond acceptors (Lipinski definition) is 3. The normalized spacial score (nSPS) is 21.6. The second-order valence-corrected chi connectivity index (χ2v) is 7.49. The van der Waals surface area contributed by atoms with Gasteiger partial charge in [0.2, 0.25) is 5.91 Å². The molecule has 0 radical (unpaired) electrons. The highest BCUT2D eigenvalue weighted by Crippen LogP contribution is 2.36. The van der Waals surface area contributed by atoms with E-state index in [9.17, 15) is 4.79 Å². The molecule has 2 aliphatic rings. The van der Waals surface area contributed by atoms with Crippen LogP contribution in [0.15, 0.2) is 30.5 Å². The summed E-state index contributed by atoms with van der Waals surface area (Å²) in [5.74, 6) is -0.0896. The van der Waals surface area contributed by atoms with E-state index in [2.05, 4.69) is 46.2 Å². The van der Waals surface area contributed by atoms with E-state index >= 15 is 0 Å². The summed E-state index contributed by atoms with van der Waals surface area (Å²) in [5, 5.41) is 14.3. The van der Waals surface area contributed by atoms with Crippen molar-refractivity contribution in [2.24, 2.45) is 5.92 Å². The molecule has 1 aromatic heterocycles. The number of carbonyl (C=O) groups is 1. The fourth-order valence-electron chi connectivity index (χ4n) is 4.26. The van der Waals surface area contributed by atoms with E-state index in [1.54, 1.807) is 5.01 Å². The van der Waals surface area contributed by atoms with Gasteiger partial charge in [-0.2, -0.15) is 0 Å². The van der Waals surface area contributed by atoms with Crippen LogP contribution in [0.25, 0.3) is 16.5 Å². The maximum absolute atomic E-state index is 13.1. The molecule has 2 atom stereocenters. The standard InChI is InChI=1S/C20H26N4O2/c1-12(2)24(23-6-7-25)20(26)14-8-16-15-4-3-5-17-19(15)13(10-21-17)9-18(16)22-11-14/h3-5,8,10,12,14,18,21-23,25H,6-7,9,11H2,1-2H3/p+1/t14-,18-/m1/s1. The molecular formula is C20H27N4O2+. The summed E-state index contributed by atoms with van der Waals surface area (Å²) >= 11 is 0. The van der Waals surface area contributed by atoms with Gasteiger partial charge in [-0.3, -0.25) is 9.80 Å². The van der Waals surface area contributed by atoms with Crippen molar-refractivity contribution in [3.8, 4) is 0 Å². The van der Waals surface area contributed by atoms with Crippen molar-refractivity contribution in [2.75, 3.05) is 19.7 Å². The number of carbonyl (C=O) groups excluding carboxylic acids is 1. The Kier molecular flexibility index (Phi) is 4.56. The van der Waals surface area contributed by atoms with Crippen LogP contribution in [0.2, 0.25) is 0 Å². The molecule has 138 valence electrons. The summed E-state index contributed by atoms with van der Waals surface area (Å²) in [7, 11) is 0. The first-order valence-corrected chi connectivity index (χ1v) is 9.42. The average Bonchev–Trinajstić information content (AvgIpc) is 3.06.